The van der Waals surface area contributed by atoms with Gasteiger partial charge < -0.3 is 0 Å². The average molecular weight is 408 g/mol. The normalized spacial score (nSPS) is 10.9. The van der Waals surface area contributed by atoms with Crippen molar-refractivity contribution in [2.24, 2.45) is 0 Å². The molecule has 0 aromatic heterocycles. The first-order chi connectivity index (χ1) is 14.6. The summed E-state index contributed by atoms with van der Waals surface area (Å²) in [4.78, 5) is 14.1. The summed E-state index contributed by atoms with van der Waals surface area (Å²) in [7, 11) is -1.16. The van der Waals surface area contributed by atoms with Crippen LogP contribution in [-0.4, -0.2) is 5.52 Å². The lowest BCUT2D eigenvalue weighted by molar-refractivity contribution is 0.108. The highest BCUT2D eigenvalue weighted by Crippen LogP contribution is 2.41. The van der Waals surface area contributed by atoms with Gasteiger partial charge in [-0.1, -0.05) is 103 Å². The summed E-state index contributed by atoms with van der Waals surface area (Å²) in [5.74, 6) is 0. The van der Waals surface area contributed by atoms with E-state index in [1.54, 1.807) is 0 Å². The molecule has 0 bridgehead atoms. The van der Waals surface area contributed by atoms with Crippen LogP contribution in [-0.2, 0) is 0 Å². The number of hydrogen-bond donors (Lipinski definition) is 0. The van der Waals surface area contributed by atoms with E-state index in [0.717, 1.165) is 21.7 Å². The van der Waals surface area contributed by atoms with E-state index in [-0.39, 0.29) is 5.52 Å². The van der Waals surface area contributed by atoms with Gasteiger partial charge in [-0.3, -0.25) is 4.79 Å². The van der Waals surface area contributed by atoms with Crippen LogP contribution in [0.2, 0.25) is 0 Å². The first-order valence-corrected chi connectivity index (χ1v) is 11.5. The number of hydrogen-bond acceptors (Lipinski definition) is 1. The Labute approximate surface area is 180 Å². The molecule has 148 valence electrons. The Morgan fingerprint density at radius 1 is 0.633 bits per heavy atom. The minimum Gasteiger partial charge on any atom is -0.288 e. The largest absolute Gasteiger partial charge is 0.288 e. The molecule has 0 unspecified atom stereocenters. The lowest BCUT2D eigenvalue weighted by Gasteiger charge is -2.20. The summed E-state index contributed by atoms with van der Waals surface area (Å²) >= 11 is 0. The second-order valence-corrected chi connectivity index (χ2v) is 9.74. The Morgan fingerprint density at radius 2 is 1.10 bits per heavy atom. The van der Waals surface area contributed by atoms with Crippen molar-refractivity contribution in [2.45, 2.75) is 20.8 Å². The standard InChI is InChI=1S/C28H25OP/c1-20-18-21(2)27(22(3)19-20)25-16-10-11-17-26(25)28(29)30(23-12-6-4-7-13-23)24-14-8-5-9-15-24/h4-19H,1-3H3. The number of benzene rings is 4. The molecule has 4 aromatic carbocycles. The van der Waals surface area contributed by atoms with Crippen LogP contribution in [0.5, 0.6) is 0 Å². The molecule has 4 aromatic rings. The summed E-state index contributed by atoms with van der Waals surface area (Å²) in [6, 6.07) is 32.8. The molecule has 0 aliphatic rings. The molecular weight excluding hydrogens is 383 g/mol. The van der Waals surface area contributed by atoms with Gasteiger partial charge in [0.1, 0.15) is 0 Å². The first kappa shape index (κ1) is 20.3. The van der Waals surface area contributed by atoms with Crippen molar-refractivity contribution in [3.63, 3.8) is 0 Å². The van der Waals surface area contributed by atoms with Crippen LogP contribution in [0.4, 0.5) is 0 Å². The molecule has 0 saturated carbocycles. The van der Waals surface area contributed by atoms with Crippen molar-refractivity contribution >= 4 is 24.1 Å². The quantitative estimate of drug-likeness (QED) is 0.342. The predicted molar refractivity (Wildman–Crippen MR) is 129 cm³/mol. The van der Waals surface area contributed by atoms with Gasteiger partial charge in [-0.25, -0.2) is 0 Å². The van der Waals surface area contributed by atoms with Crippen LogP contribution in [0.3, 0.4) is 0 Å². The van der Waals surface area contributed by atoms with Crippen LogP contribution >= 0.6 is 7.92 Å². The lowest BCUT2D eigenvalue weighted by Crippen LogP contribution is -2.18. The van der Waals surface area contributed by atoms with Crippen molar-refractivity contribution in [1.82, 2.24) is 0 Å². The van der Waals surface area contributed by atoms with Crippen LogP contribution in [0, 0.1) is 20.8 Å². The molecule has 2 heteroatoms. The Hall–Kier alpha value is -3.02. The van der Waals surface area contributed by atoms with Gasteiger partial charge in [0.2, 0.25) is 0 Å². The van der Waals surface area contributed by atoms with E-state index in [1.165, 1.54) is 22.3 Å². The second-order valence-electron chi connectivity index (χ2n) is 7.63. The highest BCUT2D eigenvalue weighted by atomic mass is 31.1. The summed E-state index contributed by atoms with van der Waals surface area (Å²) in [5.41, 5.74) is 6.84. The van der Waals surface area contributed by atoms with Crippen molar-refractivity contribution < 1.29 is 4.79 Å². The first-order valence-electron chi connectivity index (χ1n) is 10.2. The fourth-order valence-electron chi connectivity index (χ4n) is 4.15. The molecule has 30 heavy (non-hydrogen) atoms. The van der Waals surface area contributed by atoms with Crippen LogP contribution in [0.1, 0.15) is 27.0 Å². The minimum absolute atomic E-state index is 0.192. The zero-order valence-corrected chi connectivity index (χ0v) is 18.5. The summed E-state index contributed by atoms with van der Waals surface area (Å²) in [6.45, 7) is 6.38. The molecule has 0 aliphatic carbocycles. The lowest BCUT2D eigenvalue weighted by atomic mass is 9.91. The molecule has 0 saturated heterocycles. The van der Waals surface area contributed by atoms with E-state index in [0.29, 0.717) is 0 Å². The van der Waals surface area contributed by atoms with Gasteiger partial charge in [0.15, 0.2) is 5.52 Å². The van der Waals surface area contributed by atoms with E-state index in [2.05, 4.69) is 63.2 Å². The van der Waals surface area contributed by atoms with Crippen LogP contribution in [0.25, 0.3) is 11.1 Å². The summed E-state index contributed by atoms with van der Waals surface area (Å²) < 4.78 is 0. The molecule has 0 amide bonds. The molecule has 0 atom stereocenters. The van der Waals surface area contributed by atoms with Crippen molar-refractivity contribution in [1.29, 1.82) is 0 Å². The van der Waals surface area contributed by atoms with Gasteiger partial charge >= 0.3 is 0 Å². The maximum absolute atomic E-state index is 14.1. The van der Waals surface area contributed by atoms with E-state index >= 15 is 0 Å². The maximum Gasteiger partial charge on any atom is 0.193 e. The van der Waals surface area contributed by atoms with Gasteiger partial charge in [0.25, 0.3) is 0 Å². The molecule has 0 radical (unpaired) electrons. The summed E-state index contributed by atoms with van der Waals surface area (Å²) in [6.07, 6.45) is 0. The number of rotatable bonds is 5. The highest BCUT2D eigenvalue weighted by molar-refractivity contribution is 7.88. The predicted octanol–water partition coefficient (Wildman–Crippen LogP) is 6.55. The van der Waals surface area contributed by atoms with Crippen LogP contribution in [0.15, 0.2) is 97.1 Å². The molecule has 0 fully saturated rings. The minimum atomic E-state index is -1.16. The molecule has 1 nitrogen and oxygen atoms in total. The topological polar surface area (TPSA) is 17.1 Å². The van der Waals surface area contributed by atoms with Gasteiger partial charge in [0.05, 0.1) is 0 Å². The highest BCUT2D eigenvalue weighted by Gasteiger charge is 2.26. The Bertz CT molecular complexity index is 1120. The third-order valence-corrected chi connectivity index (χ3v) is 7.61. The second kappa shape index (κ2) is 8.78. The molecule has 0 aliphatic heterocycles. The van der Waals surface area contributed by atoms with Crippen LogP contribution < -0.4 is 10.6 Å². The molecule has 0 spiro atoms. The molecular formula is C28H25OP. The van der Waals surface area contributed by atoms with Gasteiger partial charge in [0, 0.05) is 13.5 Å². The Balaban J connectivity index is 1.89. The number of aryl methyl sites for hydroxylation is 3. The monoisotopic (exact) mass is 408 g/mol. The zero-order valence-electron chi connectivity index (χ0n) is 17.6. The average Bonchev–Trinajstić information content (AvgIpc) is 2.75. The Kier molecular flexibility index (Phi) is 5.93. The third kappa shape index (κ3) is 3.99. The van der Waals surface area contributed by atoms with Crippen molar-refractivity contribution in [3.8, 4) is 11.1 Å². The van der Waals surface area contributed by atoms with Crippen molar-refractivity contribution in [3.05, 3.63) is 119 Å². The van der Waals surface area contributed by atoms with E-state index < -0.39 is 7.92 Å². The van der Waals surface area contributed by atoms with E-state index in [9.17, 15) is 4.79 Å². The Morgan fingerprint density at radius 3 is 1.63 bits per heavy atom. The third-order valence-electron chi connectivity index (χ3n) is 5.34. The fraction of sp³-hybridized carbons (Fsp3) is 0.107. The zero-order chi connectivity index (χ0) is 21.1. The maximum atomic E-state index is 14.1. The molecule has 0 N–H and O–H groups in total. The van der Waals surface area contributed by atoms with Gasteiger partial charge in [-0.15, -0.1) is 0 Å². The number of carbonyl (C=O) groups is 1. The SMILES string of the molecule is Cc1cc(C)c(-c2ccccc2C(=O)P(c2ccccc2)c2ccccc2)c(C)c1. The number of carbonyl (C=O) groups excluding carboxylic acids is 1. The van der Waals surface area contributed by atoms with Gasteiger partial charge in [-0.2, -0.15) is 0 Å². The van der Waals surface area contributed by atoms with Gasteiger partial charge in [-0.05, 0) is 53.6 Å². The van der Waals surface area contributed by atoms with Crippen molar-refractivity contribution in [2.75, 3.05) is 0 Å². The fourth-order valence-corrected chi connectivity index (χ4v) is 6.29. The van der Waals surface area contributed by atoms with E-state index in [4.69, 9.17) is 0 Å². The smallest absolute Gasteiger partial charge is 0.193 e. The molecule has 4 rings (SSSR count). The summed E-state index contributed by atoms with van der Waals surface area (Å²) in [5, 5.41) is 2.16. The molecule has 0 heterocycles. The van der Waals surface area contributed by atoms with E-state index in [1.807, 2.05) is 54.6 Å².